The molecule has 0 aliphatic heterocycles. The predicted molar refractivity (Wildman–Crippen MR) is 58.9 cm³/mol. The van der Waals surface area contributed by atoms with Crippen LogP contribution in [-0.4, -0.2) is 44.2 Å². The third-order valence-electron chi connectivity index (χ3n) is 1.82. The zero-order valence-electron chi connectivity index (χ0n) is 10.0. The fraction of sp³-hybridized carbons (Fsp3) is 1.00. The van der Waals surface area contributed by atoms with Crippen LogP contribution in [-0.2, 0) is 0 Å². The summed E-state index contributed by atoms with van der Waals surface area (Å²) in [6.45, 7) is 10.5. The molecule has 7 heteroatoms. The largest absolute Gasteiger partial charge is 1.00 e. The summed E-state index contributed by atoms with van der Waals surface area (Å²) in [6.07, 6.45) is 0. The minimum atomic E-state index is 0. The maximum Gasteiger partial charge on any atom is 1.00 e. The van der Waals surface area contributed by atoms with Crippen LogP contribution in [0.2, 0.25) is 0 Å². The maximum atomic E-state index is 8.00. The summed E-state index contributed by atoms with van der Waals surface area (Å²) in [4.78, 5) is 10.4. The molecule has 0 heterocycles. The second-order valence-electron chi connectivity index (χ2n) is 2.64. The molecular weight excluding hydrogens is 207 g/mol. The monoisotopic (exact) mass is 228 g/mol. The van der Waals surface area contributed by atoms with Gasteiger partial charge in [0.1, 0.15) is 0 Å². The van der Waals surface area contributed by atoms with Crippen LogP contribution in [0.4, 0.5) is 0 Å². The number of hydrogen-bond donors (Lipinski definition) is 2. The van der Waals surface area contributed by atoms with Crippen LogP contribution in [0.1, 0.15) is 13.8 Å². The molecule has 15 heavy (non-hydrogen) atoms. The van der Waals surface area contributed by atoms with Gasteiger partial charge in [0.15, 0.2) is 0 Å². The van der Waals surface area contributed by atoms with E-state index < -0.39 is 0 Å². The van der Waals surface area contributed by atoms with Crippen molar-refractivity contribution in [3.8, 4) is 0 Å². The van der Waals surface area contributed by atoms with Crippen molar-refractivity contribution >= 4 is 0 Å². The summed E-state index contributed by atoms with van der Waals surface area (Å²) < 4.78 is 0. The average molecular weight is 228 g/mol. The van der Waals surface area contributed by atoms with Gasteiger partial charge in [0, 0.05) is 26.2 Å². The Morgan fingerprint density at radius 2 is 1.80 bits per heavy atom. The van der Waals surface area contributed by atoms with Gasteiger partial charge in [-0.3, -0.25) is 0 Å². The average Bonchev–Trinajstić information content (AvgIpc) is 2.20. The van der Waals surface area contributed by atoms with Gasteiger partial charge in [0.25, 0.3) is 0 Å². The van der Waals surface area contributed by atoms with Gasteiger partial charge in [-0.2, -0.15) is 0 Å². The quantitative estimate of drug-likeness (QED) is 0.211. The molecule has 0 bridgehead atoms. The molecule has 0 aromatic rings. The van der Waals surface area contributed by atoms with Crippen molar-refractivity contribution in [1.82, 2.24) is 10.2 Å². The molecule has 0 aromatic heterocycles. The Kier molecular flexibility index (Phi) is 27.3. The smallest absolute Gasteiger partial charge is 0.444 e. The molecule has 6 nitrogen and oxygen atoms in total. The van der Waals surface area contributed by atoms with Crippen molar-refractivity contribution < 1.29 is 29.6 Å². The van der Waals surface area contributed by atoms with Crippen molar-refractivity contribution in [3.05, 3.63) is 10.1 Å². The second kappa shape index (κ2) is 19.8. The molecule has 0 fully saturated rings. The maximum absolute atomic E-state index is 8.00. The van der Waals surface area contributed by atoms with Crippen molar-refractivity contribution in [1.29, 1.82) is 0 Å². The molecule has 0 spiro atoms. The molecule has 0 saturated heterocycles. The Morgan fingerprint density at radius 1 is 1.33 bits per heavy atom. The second-order valence-corrected chi connectivity index (χ2v) is 2.64. The Balaban J connectivity index is -0.000000320. The standard InChI is InChI=1S/C8H21N3.HNO2.Na/c1-3-11(4-2)8-7-10-6-5-9;2-1-3;/h10H,3-9H2,1-2H3;(H,2,3);/q;;+1/p-1. The molecule has 0 aliphatic carbocycles. The van der Waals surface area contributed by atoms with Crippen LogP contribution < -0.4 is 40.6 Å². The van der Waals surface area contributed by atoms with E-state index in [2.05, 4.69) is 24.1 Å². The fourth-order valence-corrected chi connectivity index (χ4v) is 1.00. The first-order valence-corrected chi connectivity index (χ1v) is 4.84. The first kappa shape index (κ1) is 20.7. The van der Waals surface area contributed by atoms with Crippen LogP contribution in [0, 0.1) is 10.1 Å². The van der Waals surface area contributed by atoms with E-state index in [0.29, 0.717) is 0 Å². The van der Waals surface area contributed by atoms with E-state index >= 15 is 0 Å². The minimum Gasteiger partial charge on any atom is -0.444 e. The number of nitrogens with zero attached hydrogens (tertiary/aromatic N) is 2. The third-order valence-corrected chi connectivity index (χ3v) is 1.82. The molecule has 3 N–H and O–H groups in total. The summed E-state index contributed by atoms with van der Waals surface area (Å²) in [6, 6.07) is 0. The van der Waals surface area contributed by atoms with Crippen LogP contribution in [0.3, 0.4) is 0 Å². The van der Waals surface area contributed by atoms with Crippen LogP contribution >= 0.6 is 0 Å². The first-order valence-electron chi connectivity index (χ1n) is 4.84. The van der Waals surface area contributed by atoms with Gasteiger partial charge in [-0.1, -0.05) is 13.8 Å². The zero-order valence-corrected chi connectivity index (χ0v) is 12.0. The number of nitrogens with two attached hydrogens (primary N) is 1. The first-order chi connectivity index (χ1) is 6.76. The van der Waals surface area contributed by atoms with Gasteiger partial charge in [0.2, 0.25) is 0 Å². The van der Waals surface area contributed by atoms with Gasteiger partial charge in [0.05, 0.1) is 0 Å². The van der Waals surface area contributed by atoms with E-state index in [1.165, 1.54) is 0 Å². The number of rotatable bonds is 7. The van der Waals surface area contributed by atoms with Crippen molar-refractivity contribution in [2.45, 2.75) is 13.8 Å². The molecule has 0 atom stereocenters. The molecule has 0 radical (unpaired) electrons. The Labute approximate surface area is 114 Å². The van der Waals surface area contributed by atoms with Gasteiger partial charge < -0.3 is 26.1 Å². The molecular formula is C8H21N4NaO2. The molecule has 0 rings (SSSR count). The van der Waals surface area contributed by atoms with Crippen LogP contribution in [0.5, 0.6) is 0 Å². The zero-order chi connectivity index (χ0) is 11.2. The van der Waals surface area contributed by atoms with E-state index in [0.717, 1.165) is 44.6 Å². The number of hydrogen-bond acceptors (Lipinski definition) is 6. The topological polar surface area (TPSA) is 93.8 Å². The van der Waals surface area contributed by atoms with E-state index in [1.54, 1.807) is 0 Å². The van der Waals surface area contributed by atoms with Gasteiger partial charge >= 0.3 is 29.6 Å². The van der Waals surface area contributed by atoms with E-state index in [1.807, 2.05) is 0 Å². The third kappa shape index (κ3) is 20.4. The van der Waals surface area contributed by atoms with E-state index in [4.69, 9.17) is 15.8 Å². The van der Waals surface area contributed by atoms with Crippen molar-refractivity contribution in [2.24, 2.45) is 11.1 Å². The van der Waals surface area contributed by atoms with Crippen LogP contribution in [0.25, 0.3) is 0 Å². The minimum absolute atomic E-state index is 0. The Bertz CT molecular complexity index is 115. The number of nitrogens with one attached hydrogen (secondary N) is 1. The summed E-state index contributed by atoms with van der Waals surface area (Å²) in [7, 11) is 0. The van der Waals surface area contributed by atoms with E-state index in [9.17, 15) is 0 Å². The summed E-state index contributed by atoms with van der Waals surface area (Å²) >= 11 is 0. The Hall–Kier alpha value is 0.280. The molecule has 0 unspecified atom stereocenters. The van der Waals surface area contributed by atoms with Crippen molar-refractivity contribution in [2.75, 3.05) is 39.3 Å². The normalized spacial score (nSPS) is 8.80. The van der Waals surface area contributed by atoms with E-state index in [-0.39, 0.29) is 29.6 Å². The van der Waals surface area contributed by atoms with Gasteiger partial charge in [-0.15, -0.1) is 5.34 Å². The summed E-state index contributed by atoms with van der Waals surface area (Å²) in [5.74, 6) is 0. The fourth-order valence-electron chi connectivity index (χ4n) is 1.00. The molecule has 0 amide bonds. The number of likely N-dealkylation sites (N-methyl/N-ethyl adjacent to an activating group) is 1. The SMILES string of the molecule is CCN(CC)CCNCCN.O=N[O-].[Na+]. The Morgan fingerprint density at radius 3 is 2.13 bits per heavy atom. The van der Waals surface area contributed by atoms with Gasteiger partial charge in [-0.05, 0) is 13.1 Å². The summed E-state index contributed by atoms with van der Waals surface area (Å²) in [5.41, 5.74) is 5.33. The molecule has 0 aromatic carbocycles. The predicted octanol–water partition coefficient (Wildman–Crippen LogP) is -2.87. The van der Waals surface area contributed by atoms with Crippen molar-refractivity contribution in [3.63, 3.8) is 0 Å². The van der Waals surface area contributed by atoms with Gasteiger partial charge in [-0.25, -0.2) is 0 Å². The molecule has 86 valence electrons. The molecule has 0 aliphatic rings. The summed E-state index contributed by atoms with van der Waals surface area (Å²) in [5, 5.41) is 12.3. The van der Waals surface area contributed by atoms with Crippen LogP contribution in [0.15, 0.2) is 5.34 Å². The molecule has 0 saturated carbocycles.